The maximum absolute atomic E-state index is 11.7. The largest absolute Gasteiger partial charge is 0.396 e. The number of hydrogen-bond donors (Lipinski definition) is 3. The van der Waals surface area contributed by atoms with Gasteiger partial charge in [-0.3, -0.25) is 0 Å². The third-order valence-corrected chi connectivity index (χ3v) is 4.34. The van der Waals surface area contributed by atoms with Gasteiger partial charge in [0.05, 0.1) is 6.61 Å². The van der Waals surface area contributed by atoms with Crippen molar-refractivity contribution in [1.82, 2.24) is 10.6 Å². The van der Waals surface area contributed by atoms with Gasteiger partial charge in [-0.25, -0.2) is 4.79 Å². The lowest BCUT2D eigenvalue weighted by Crippen LogP contribution is -2.42. The zero-order chi connectivity index (χ0) is 13.2. The number of aliphatic hydroxyl groups excluding tert-OH is 1. The summed E-state index contributed by atoms with van der Waals surface area (Å²) >= 11 is 0. The molecule has 0 heterocycles. The summed E-state index contributed by atoms with van der Waals surface area (Å²) in [6.07, 6.45) is 5.74. The summed E-state index contributed by atoms with van der Waals surface area (Å²) in [5.41, 5.74) is 0.367. The summed E-state index contributed by atoms with van der Waals surface area (Å²) in [5, 5.41) is 15.0. The van der Waals surface area contributed by atoms with Gasteiger partial charge in [0.25, 0.3) is 0 Å². The van der Waals surface area contributed by atoms with Gasteiger partial charge in [0.1, 0.15) is 0 Å². The predicted molar refractivity (Wildman–Crippen MR) is 71.3 cm³/mol. The van der Waals surface area contributed by atoms with Gasteiger partial charge in [-0.2, -0.15) is 0 Å². The fraction of sp³-hybridized carbons (Fsp3) is 0.929. The monoisotopic (exact) mass is 254 g/mol. The lowest BCUT2D eigenvalue weighted by atomic mass is 9.94. The Morgan fingerprint density at radius 2 is 1.61 bits per heavy atom. The van der Waals surface area contributed by atoms with Crippen LogP contribution in [-0.4, -0.2) is 30.8 Å². The number of urea groups is 1. The molecule has 0 spiro atoms. The lowest BCUT2D eigenvalue weighted by Gasteiger charge is -2.19. The second-order valence-corrected chi connectivity index (χ2v) is 6.79. The van der Waals surface area contributed by atoms with Crippen LogP contribution in [0.2, 0.25) is 0 Å². The van der Waals surface area contributed by atoms with Crippen LogP contribution >= 0.6 is 0 Å². The highest BCUT2D eigenvalue weighted by molar-refractivity contribution is 5.74. The van der Waals surface area contributed by atoms with Gasteiger partial charge in [0, 0.05) is 18.5 Å². The van der Waals surface area contributed by atoms with Crippen LogP contribution in [0.1, 0.15) is 46.0 Å². The Hall–Kier alpha value is -0.770. The summed E-state index contributed by atoms with van der Waals surface area (Å²) in [6.45, 7) is 6.05. The van der Waals surface area contributed by atoms with E-state index < -0.39 is 0 Å². The molecule has 0 radical (unpaired) electrons. The smallest absolute Gasteiger partial charge is 0.314 e. The minimum absolute atomic E-state index is 0.00740. The van der Waals surface area contributed by atoms with Gasteiger partial charge in [-0.15, -0.1) is 0 Å². The Balaban J connectivity index is 1.63. The van der Waals surface area contributed by atoms with Crippen LogP contribution in [0.5, 0.6) is 0 Å². The molecule has 0 atom stereocenters. The van der Waals surface area contributed by atoms with Crippen LogP contribution in [0.25, 0.3) is 0 Å². The SMILES string of the molecule is CC(C)CC1(CNC(=O)NCC2(CO)CC2)CC1. The van der Waals surface area contributed by atoms with E-state index in [0.29, 0.717) is 17.9 Å². The minimum Gasteiger partial charge on any atom is -0.396 e. The Bertz CT molecular complexity index is 307. The van der Waals surface area contributed by atoms with Gasteiger partial charge in [0.2, 0.25) is 0 Å². The number of rotatable bonds is 7. The van der Waals surface area contributed by atoms with E-state index in [0.717, 1.165) is 19.4 Å². The first-order chi connectivity index (χ1) is 8.49. The molecule has 0 aromatic carbocycles. The third kappa shape index (κ3) is 3.61. The molecule has 0 aliphatic heterocycles. The molecule has 0 aromatic heterocycles. The summed E-state index contributed by atoms with van der Waals surface area (Å²) in [5.74, 6) is 0.696. The van der Waals surface area contributed by atoms with E-state index in [1.165, 1.54) is 19.3 Å². The lowest BCUT2D eigenvalue weighted by molar-refractivity contribution is 0.202. The molecule has 18 heavy (non-hydrogen) atoms. The predicted octanol–water partition coefficient (Wildman–Crippen LogP) is 1.88. The van der Waals surface area contributed by atoms with Crippen molar-refractivity contribution < 1.29 is 9.90 Å². The maximum atomic E-state index is 11.7. The van der Waals surface area contributed by atoms with E-state index in [2.05, 4.69) is 24.5 Å². The van der Waals surface area contributed by atoms with Crippen LogP contribution in [0, 0.1) is 16.7 Å². The fourth-order valence-corrected chi connectivity index (χ4v) is 2.66. The number of carbonyl (C=O) groups is 1. The molecular weight excluding hydrogens is 228 g/mol. The van der Waals surface area contributed by atoms with E-state index in [9.17, 15) is 4.79 Å². The average molecular weight is 254 g/mol. The molecule has 2 fully saturated rings. The molecule has 0 unspecified atom stereocenters. The topological polar surface area (TPSA) is 61.4 Å². The van der Waals surface area contributed by atoms with Crippen molar-refractivity contribution in [3.63, 3.8) is 0 Å². The number of hydrogen-bond acceptors (Lipinski definition) is 2. The van der Waals surface area contributed by atoms with Crippen LogP contribution < -0.4 is 10.6 Å². The number of carbonyl (C=O) groups excluding carboxylic acids is 1. The second kappa shape index (κ2) is 5.08. The van der Waals surface area contributed by atoms with Crippen molar-refractivity contribution in [3.05, 3.63) is 0 Å². The summed E-state index contributed by atoms with van der Waals surface area (Å²) in [4.78, 5) is 11.7. The molecule has 3 N–H and O–H groups in total. The molecule has 104 valence electrons. The quantitative estimate of drug-likeness (QED) is 0.649. The van der Waals surface area contributed by atoms with E-state index >= 15 is 0 Å². The molecule has 0 bridgehead atoms. The summed E-state index contributed by atoms with van der Waals surface area (Å²) < 4.78 is 0. The van der Waals surface area contributed by atoms with Crippen LogP contribution in [0.15, 0.2) is 0 Å². The number of nitrogens with one attached hydrogen (secondary N) is 2. The van der Waals surface area contributed by atoms with Crippen LogP contribution in [0.4, 0.5) is 4.79 Å². The first kappa shape index (κ1) is 13.7. The van der Waals surface area contributed by atoms with Crippen molar-refractivity contribution in [3.8, 4) is 0 Å². The molecule has 2 rings (SSSR count). The van der Waals surface area contributed by atoms with Gasteiger partial charge in [0.15, 0.2) is 0 Å². The first-order valence-corrected chi connectivity index (χ1v) is 7.12. The molecular formula is C14H26N2O2. The van der Waals surface area contributed by atoms with Crippen LogP contribution in [-0.2, 0) is 0 Å². The molecule has 2 aliphatic rings. The Morgan fingerprint density at radius 1 is 1.11 bits per heavy atom. The molecule has 0 saturated heterocycles. The highest BCUT2D eigenvalue weighted by Crippen LogP contribution is 2.50. The Morgan fingerprint density at radius 3 is 2.00 bits per heavy atom. The summed E-state index contributed by atoms with van der Waals surface area (Å²) in [6, 6.07) is -0.0789. The molecule has 2 aliphatic carbocycles. The van der Waals surface area contributed by atoms with Gasteiger partial charge in [-0.1, -0.05) is 13.8 Å². The van der Waals surface area contributed by atoms with Gasteiger partial charge < -0.3 is 15.7 Å². The fourth-order valence-electron chi connectivity index (χ4n) is 2.66. The molecule has 0 aromatic rings. The number of amides is 2. The highest BCUT2D eigenvalue weighted by Gasteiger charge is 2.44. The van der Waals surface area contributed by atoms with E-state index in [1.54, 1.807) is 0 Å². The van der Waals surface area contributed by atoms with Crippen molar-refractivity contribution in [2.45, 2.75) is 46.0 Å². The molecule has 2 saturated carbocycles. The Labute approximate surface area is 110 Å². The second-order valence-electron chi connectivity index (χ2n) is 6.79. The molecule has 4 heteroatoms. The maximum Gasteiger partial charge on any atom is 0.314 e. The standard InChI is InChI=1S/C14H26N2O2/c1-11(2)7-13(3-4-13)8-15-12(18)16-9-14(10-17)5-6-14/h11,17H,3-10H2,1-2H3,(H2,15,16,18). The van der Waals surface area contributed by atoms with Crippen LogP contribution in [0.3, 0.4) is 0 Å². The van der Waals surface area contributed by atoms with E-state index in [1.807, 2.05) is 0 Å². The summed E-state index contributed by atoms with van der Waals surface area (Å²) in [7, 11) is 0. The van der Waals surface area contributed by atoms with Gasteiger partial charge >= 0.3 is 6.03 Å². The van der Waals surface area contributed by atoms with Crippen molar-refractivity contribution >= 4 is 6.03 Å². The average Bonchev–Trinajstić information content (AvgIpc) is 3.20. The normalized spacial score (nSPS) is 22.7. The minimum atomic E-state index is -0.0789. The van der Waals surface area contributed by atoms with Crippen molar-refractivity contribution in [2.24, 2.45) is 16.7 Å². The van der Waals surface area contributed by atoms with Gasteiger partial charge in [-0.05, 0) is 43.4 Å². The molecule has 2 amide bonds. The zero-order valence-electron chi connectivity index (χ0n) is 11.6. The highest BCUT2D eigenvalue weighted by atomic mass is 16.3. The molecule has 4 nitrogen and oxygen atoms in total. The van der Waals surface area contributed by atoms with E-state index in [-0.39, 0.29) is 18.1 Å². The number of aliphatic hydroxyl groups is 1. The first-order valence-electron chi connectivity index (χ1n) is 7.12. The zero-order valence-corrected chi connectivity index (χ0v) is 11.6. The third-order valence-electron chi connectivity index (χ3n) is 4.34. The Kier molecular flexibility index (Phi) is 3.85. The van der Waals surface area contributed by atoms with E-state index in [4.69, 9.17) is 5.11 Å². The van der Waals surface area contributed by atoms with Crippen molar-refractivity contribution in [2.75, 3.05) is 19.7 Å². The van der Waals surface area contributed by atoms with Crippen molar-refractivity contribution in [1.29, 1.82) is 0 Å².